The van der Waals surface area contributed by atoms with Gasteiger partial charge in [-0.1, -0.05) is 0 Å². The van der Waals surface area contributed by atoms with Crippen LogP contribution in [0, 0.1) is 5.92 Å². The van der Waals surface area contributed by atoms with Crippen LogP contribution in [0.4, 0.5) is 11.5 Å². The second kappa shape index (κ2) is 4.63. The Labute approximate surface area is 117 Å². The zero-order valence-electron chi connectivity index (χ0n) is 11.3. The molecule has 1 aromatic heterocycles. The molecule has 1 aliphatic carbocycles. The number of anilines is 2. The maximum atomic E-state index is 11.8. The summed E-state index contributed by atoms with van der Waals surface area (Å²) in [6, 6.07) is 4.25. The minimum Gasteiger partial charge on any atom is -0.474 e. The van der Waals surface area contributed by atoms with Crippen LogP contribution in [0.1, 0.15) is 12.8 Å². The Bertz CT molecular complexity index is 544. The summed E-state index contributed by atoms with van der Waals surface area (Å²) >= 11 is 0. The Hall–Kier alpha value is -1.82. The molecule has 6 heteroatoms. The number of ether oxygens (including phenoxy) is 1. The fourth-order valence-corrected chi connectivity index (χ4v) is 2.80. The molecule has 3 aliphatic rings. The molecule has 2 N–H and O–H groups in total. The molecule has 0 aromatic carbocycles. The summed E-state index contributed by atoms with van der Waals surface area (Å²) in [6.07, 6.45) is 1.99. The van der Waals surface area contributed by atoms with E-state index in [-0.39, 0.29) is 11.8 Å². The molecule has 0 bridgehead atoms. The number of pyridine rings is 1. The predicted octanol–water partition coefficient (Wildman–Crippen LogP) is 0.601. The van der Waals surface area contributed by atoms with Gasteiger partial charge in [-0.15, -0.1) is 0 Å². The lowest BCUT2D eigenvalue weighted by Gasteiger charge is -2.41. The van der Waals surface area contributed by atoms with Crippen molar-refractivity contribution < 1.29 is 9.53 Å². The highest BCUT2D eigenvalue weighted by Gasteiger charge is 2.32. The highest BCUT2D eigenvalue weighted by Crippen LogP contribution is 2.34. The first kappa shape index (κ1) is 12.0. The number of piperazine rings is 1. The molecule has 0 radical (unpaired) electrons. The fourth-order valence-electron chi connectivity index (χ4n) is 2.80. The van der Waals surface area contributed by atoms with E-state index in [4.69, 9.17) is 4.74 Å². The van der Waals surface area contributed by atoms with Crippen LogP contribution >= 0.6 is 0 Å². The topological polar surface area (TPSA) is 66.5 Å². The van der Waals surface area contributed by atoms with E-state index in [2.05, 4.69) is 20.5 Å². The van der Waals surface area contributed by atoms with E-state index in [0.29, 0.717) is 24.3 Å². The average Bonchev–Trinajstić information content (AvgIpc) is 3.31. The number of aromatic nitrogens is 1. The van der Waals surface area contributed by atoms with Crippen molar-refractivity contribution in [1.29, 1.82) is 0 Å². The molecule has 1 saturated heterocycles. The molecule has 4 rings (SSSR count). The van der Waals surface area contributed by atoms with Crippen LogP contribution in [0.3, 0.4) is 0 Å². The number of fused-ring (bicyclic) bond motifs is 3. The van der Waals surface area contributed by atoms with Crippen molar-refractivity contribution in [2.24, 2.45) is 5.92 Å². The molecule has 1 amide bonds. The summed E-state index contributed by atoms with van der Waals surface area (Å²) in [6.45, 7) is 3.54. The molecule has 6 nitrogen and oxygen atoms in total. The van der Waals surface area contributed by atoms with Crippen LogP contribution in [0.2, 0.25) is 0 Å². The highest BCUT2D eigenvalue weighted by atomic mass is 16.5. The molecular weight excluding hydrogens is 256 g/mol. The van der Waals surface area contributed by atoms with E-state index in [1.54, 1.807) is 0 Å². The van der Waals surface area contributed by atoms with E-state index >= 15 is 0 Å². The van der Waals surface area contributed by atoms with E-state index in [1.165, 1.54) is 0 Å². The number of carbonyl (C=O) groups is 1. The van der Waals surface area contributed by atoms with Gasteiger partial charge < -0.3 is 20.3 Å². The van der Waals surface area contributed by atoms with Crippen LogP contribution in [0.5, 0.6) is 5.88 Å². The van der Waals surface area contributed by atoms with Crippen LogP contribution in [-0.4, -0.2) is 43.2 Å². The Morgan fingerprint density at radius 2 is 2.35 bits per heavy atom. The maximum absolute atomic E-state index is 11.8. The lowest BCUT2D eigenvalue weighted by molar-refractivity contribution is -0.117. The van der Waals surface area contributed by atoms with Crippen molar-refractivity contribution in [3.05, 3.63) is 12.1 Å². The first-order valence-electron chi connectivity index (χ1n) is 7.23. The summed E-state index contributed by atoms with van der Waals surface area (Å²) in [5.41, 5.74) is 1.03. The van der Waals surface area contributed by atoms with Gasteiger partial charge in [-0.2, -0.15) is 4.98 Å². The number of rotatable bonds is 2. The Morgan fingerprint density at radius 1 is 1.45 bits per heavy atom. The van der Waals surface area contributed by atoms with Crippen molar-refractivity contribution in [2.45, 2.75) is 18.9 Å². The second-order valence-electron chi connectivity index (χ2n) is 5.65. The van der Waals surface area contributed by atoms with Gasteiger partial charge in [0.1, 0.15) is 18.1 Å². The third-order valence-electron chi connectivity index (χ3n) is 4.11. The van der Waals surface area contributed by atoms with E-state index in [1.807, 2.05) is 12.1 Å². The largest absolute Gasteiger partial charge is 0.474 e. The van der Waals surface area contributed by atoms with Crippen molar-refractivity contribution in [3.8, 4) is 5.88 Å². The fraction of sp³-hybridized carbons (Fsp3) is 0.571. The lowest BCUT2D eigenvalue weighted by Crippen LogP contribution is -2.55. The van der Waals surface area contributed by atoms with Gasteiger partial charge >= 0.3 is 0 Å². The van der Waals surface area contributed by atoms with Crippen molar-refractivity contribution >= 4 is 17.4 Å². The lowest BCUT2D eigenvalue weighted by atomic mass is 10.1. The highest BCUT2D eigenvalue weighted by molar-refractivity contribution is 5.93. The smallest absolute Gasteiger partial charge is 0.239 e. The molecule has 3 heterocycles. The molecule has 2 fully saturated rings. The Kier molecular flexibility index (Phi) is 2.77. The van der Waals surface area contributed by atoms with E-state index < -0.39 is 0 Å². The van der Waals surface area contributed by atoms with Gasteiger partial charge in [-0.3, -0.25) is 4.79 Å². The normalized spacial score (nSPS) is 24.4. The number of nitrogens with zero attached hydrogens (tertiary/aromatic N) is 2. The number of hydrogen-bond acceptors (Lipinski definition) is 5. The average molecular weight is 274 g/mol. The summed E-state index contributed by atoms with van der Waals surface area (Å²) < 4.78 is 5.75. The molecule has 0 spiro atoms. The summed E-state index contributed by atoms with van der Waals surface area (Å²) in [5.74, 6) is 1.49. The van der Waals surface area contributed by atoms with Gasteiger partial charge in [0.25, 0.3) is 0 Å². The standard InChI is InChI=1S/C14H18N4O2/c19-13(9-1-2-9)16-12-4-3-11-14(17-12)20-8-10-7-15-5-6-18(10)11/h3-4,9-10,15H,1-2,5-8H2,(H,16,17,19)/t10-/m1/s1. The molecule has 1 aromatic rings. The first-order valence-corrected chi connectivity index (χ1v) is 7.23. The summed E-state index contributed by atoms with van der Waals surface area (Å²) in [4.78, 5) is 18.5. The van der Waals surface area contributed by atoms with Crippen LogP contribution < -0.4 is 20.3 Å². The van der Waals surface area contributed by atoms with Gasteiger partial charge in [0.2, 0.25) is 11.8 Å². The monoisotopic (exact) mass is 274 g/mol. The minimum absolute atomic E-state index is 0.0771. The van der Waals surface area contributed by atoms with E-state index in [0.717, 1.165) is 38.2 Å². The number of amides is 1. The minimum atomic E-state index is 0.0771. The third kappa shape index (κ3) is 2.10. The molecule has 1 atom stereocenters. The van der Waals surface area contributed by atoms with Gasteiger partial charge in [0, 0.05) is 25.6 Å². The molecule has 2 aliphatic heterocycles. The van der Waals surface area contributed by atoms with Crippen molar-refractivity contribution in [2.75, 3.05) is 36.5 Å². The molecule has 0 unspecified atom stereocenters. The van der Waals surface area contributed by atoms with Crippen LogP contribution in [0.25, 0.3) is 0 Å². The quantitative estimate of drug-likeness (QED) is 0.827. The summed E-state index contributed by atoms with van der Waals surface area (Å²) in [7, 11) is 0. The molecule has 106 valence electrons. The zero-order valence-corrected chi connectivity index (χ0v) is 11.3. The van der Waals surface area contributed by atoms with Gasteiger partial charge in [-0.05, 0) is 25.0 Å². The van der Waals surface area contributed by atoms with Crippen LogP contribution in [-0.2, 0) is 4.79 Å². The second-order valence-corrected chi connectivity index (χ2v) is 5.65. The Morgan fingerprint density at radius 3 is 3.20 bits per heavy atom. The first-order chi connectivity index (χ1) is 9.81. The summed E-state index contributed by atoms with van der Waals surface area (Å²) in [5, 5.41) is 6.24. The third-order valence-corrected chi connectivity index (χ3v) is 4.11. The van der Waals surface area contributed by atoms with E-state index in [9.17, 15) is 4.79 Å². The molecular formula is C14H18N4O2. The number of nitrogens with one attached hydrogen (secondary N) is 2. The maximum Gasteiger partial charge on any atom is 0.239 e. The Balaban J connectivity index is 1.56. The zero-order chi connectivity index (χ0) is 13.5. The SMILES string of the molecule is O=C(Nc1ccc2c(n1)OC[C@H]1CNCCN21)C1CC1. The number of hydrogen-bond donors (Lipinski definition) is 2. The predicted molar refractivity (Wildman–Crippen MR) is 75.1 cm³/mol. The van der Waals surface area contributed by atoms with Gasteiger partial charge in [-0.25, -0.2) is 0 Å². The van der Waals surface area contributed by atoms with Crippen LogP contribution in [0.15, 0.2) is 12.1 Å². The number of carbonyl (C=O) groups excluding carboxylic acids is 1. The van der Waals surface area contributed by atoms with Gasteiger partial charge in [0.15, 0.2) is 0 Å². The van der Waals surface area contributed by atoms with Gasteiger partial charge in [0.05, 0.1) is 6.04 Å². The van der Waals surface area contributed by atoms with Crippen molar-refractivity contribution in [3.63, 3.8) is 0 Å². The van der Waals surface area contributed by atoms with Crippen molar-refractivity contribution in [1.82, 2.24) is 10.3 Å². The molecule has 20 heavy (non-hydrogen) atoms. The molecule has 1 saturated carbocycles.